The first kappa shape index (κ1) is 27.5. The van der Waals surface area contributed by atoms with Gasteiger partial charge in [0.05, 0.1) is 22.2 Å². The van der Waals surface area contributed by atoms with Crippen molar-refractivity contribution in [2.24, 2.45) is 0 Å². The molecule has 39 heavy (non-hydrogen) atoms. The number of halogens is 3. The molecule has 1 aliphatic rings. The number of ether oxygens (including phenoxy) is 1. The smallest absolute Gasteiger partial charge is 0.266 e. The van der Waals surface area contributed by atoms with Gasteiger partial charge in [-0.15, -0.1) is 11.3 Å². The van der Waals surface area contributed by atoms with Gasteiger partial charge in [0.1, 0.15) is 22.3 Å². The monoisotopic (exact) mass is 569 g/mol. The van der Waals surface area contributed by atoms with E-state index < -0.39 is 11.6 Å². The average Bonchev–Trinajstić information content (AvgIpc) is 3.32. The molecule has 1 saturated carbocycles. The summed E-state index contributed by atoms with van der Waals surface area (Å²) in [6, 6.07) is 11.2. The molecule has 1 amide bonds. The van der Waals surface area contributed by atoms with E-state index in [2.05, 4.69) is 10.3 Å². The molecule has 0 bridgehead atoms. The van der Waals surface area contributed by atoms with Crippen LogP contribution in [0.1, 0.15) is 46.5 Å². The molecule has 0 unspecified atom stereocenters. The van der Waals surface area contributed by atoms with Crippen LogP contribution in [0.15, 0.2) is 48.8 Å². The summed E-state index contributed by atoms with van der Waals surface area (Å²) < 4.78 is 35.5. The summed E-state index contributed by atoms with van der Waals surface area (Å²) in [6.07, 6.45) is 6.91. The number of pyridine rings is 1. The zero-order valence-electron chi connectivity index (χ0n) is 22.1. The number of hydrogen-bond donors (Lipinski definition) is 1. The van der Waals surface area contributed by atoms with Gasteiger partial charge in [-0.1, -0.05) is 17.7 Å². The lowest BCUT2D eigenvalue weighted by Gasteiger charge is -2.37. The number of thiophene rings is 1. The second-order valence-corrected chi connectivity index (χ2v) is 11.3. The summed E-state index contributed by atoms with van der Waals surface area (Å²) in [5.41, 5.74) is 2.95. The van der Waals surface area contributed by atoms with Crippen LogP contribution in [0, 0.1) is 18.6 Å². The average molecular weight is 570 g/mol. The lowest BCUT2D eigenvalue weighted by molar-refractivity contribution is 0.0604. The van der Waals surface area contributed by atoms with Crippen LogP contribution in [-0.4, -0.2) is 42.0 Å². The number of methoxy groups -OCH3 is 1. The van der Waals surface area contributed by atoms with Gasteiger partial charge in [0.2, 0.25) is 0 Å². The SMILES string of the molecule is CNC1CCC(N(Cc2cc(-c3ccncc3)ccc2OC)C(=O)c2sc3c(F)cc(C)c(F)c3c2Cl)CC1. The van der Waals surface area contributed by atoms with Crippen molar-refractivity contribution in [3.8, 4) is 16.9 Å². The number of amides is 1. The number of aryl methyl sites for hydroxylation is 1. The zero-order valence-corrected chi connectivity index (χ0v) is 23.6. The maximum absolute atomic E-state index is 15.0. The van der Waals surface area contributed by atoms with Gasteiger partial charge in [-0.25, -0.2) is 8.78 Å². The first-order valence-corrected chi connectivity index (χ1v) is 14.1. The summed E-state index contributed by atoms with van der Waals surface area (Å²) in [7, 11) is 3.55. The standard InChI is InChI=1S/C30H30ClF2N3O2S/c1-17-14-23(32)28-25(27(17)33)26(31)29(39-28)30(37)36(22-7-5-21(34-2)6-8-22)16-20-15-19(4-9-24(20)38-3)18-10-12-35-13-11-18/h4,9-15,21-22,34H,5-8,16H2,1-3H3. The quantitative estimate of drug-likeness (QED) is 0.252. The Bertz CT molecular complexity index is 1500. The number of nitrogens with one attached hydrogen (secondary N) is 1. The predicted octanol–water partition coefficient (Wildman–Crippen LogP) is 7.38. The lowest BCUT2D eigenvalue weighted by atomic mass is 9.89. The minimum absolute atomic E-state index is 0.0291. The molecule has 0 aliphatic heterocycles. The van der Waals surface area contributed by atoms with E-state index in [9.17, 15) is 9.18 Å². The highest BCUT2D eigenvalue weighted by Crippen LogP contribution is 2.41. The summed E-state index contributed by atoms with van der Waals surface area (Å²) in [6.45, 7) is 1.76. The van der Waals surface area contributed by atoms with E-state index in [0.29, 0.717) is 11.8 Å². The largest absolute Gasteiger partial charge is 0.496 e. The topological polar surface area (TPSA) is 54.5 Å². The molecule has 1 aliphatic carbocycles. The van der Waals surface area contributed by atoms with Crippen LogP contribution >= 0.6 is 22.9 Å². The molecule has 0 spiro atoms. The highest BCUT2D eigenvalue weighted by atomic mass is 35.5. The molecule has 0 radical (unpaired) electrons. The Balaban J connectivity index is 1.57. The van der Waals surface area contributed by atoms with E-state index >= 15 is 4.39 Å². The van der Waals surface area contributed by atoms with E-state index in [1.807, 2.05) is 37.4 Å². The van der Waals surface area contributed by atoms with Gasteiger partial charge in [-0.05, 0) is 86.7 Å². The molecule has 204 valence electrons. The summed E-state index contributed by atoms with van der Waals surface area (Å²) in [5.74, 6) is -0.853. The van der Waals surface area contributed by atoms with Crippen LogP contribution in [0.5, 0.6) is 5.75 Å². The molecule has 0 saturated heterocycles. The minimum Gasteiger partial charge on any atom is -0.496 e. The number of carbonyl (C=O) groups excluding carboxylic acids is 1. The van der Waals surface area contributed by atoms with Crippen LogP contribution in [0.2, 0.25) is 5.02 Å². The Labute approximate surface area is 235 Å². The van der Waals surface area contributed by atoms with Gasteiger partial charge < -0.3 is 15.0 Å². The summed E-state index contributed by atoms with van der Waals surface area (Å²) in [5, 5.41) is 3.27. The maximum Gasteiger partial charge on any atom is 0.266 e. The first-order valence-electron chi connectivity index (χ1n) is 12.9. The Morgan fingerprint density at radius 1 is 1.13 bits per heavy atom. The molecular formula is C30H30ClF2N3O2S. The van der Waals surface area contributed by atoms with Gasteiger partial charge in [0.15, 0.2) is 0 Å². The molecule has 5 nitrogen and oxygen atoms in total. The van der Waals surface area contributed by atoms with E-state index in [1.54, 1.807) is 24.4 Å². The fourth-order valence-electron chi connectivity index (χ4n) is 5.41. The molecule has 4 aromatic rings. The number of hydrogen-bond acceptors (Lipinski definition) is 5. The molecule has 2 heterocycles. The normalized spacial score (nSPS) is 17.4. The van der Waals surface area contributed by atoms with Crippen molar-refractivity contribution in [2.75, 3.05) is 14.2 Å². The fourth-order valence-corrected chi connectivity index (χ4v) is 6.89. The van der Waals surface area contributed by atoms with Crippen LogP contribution in [0.4, 0.5) is 8.78 Å². The highest BCUT2D eigenvalue weighted by Gasteiger charge is 2.33. The van der Waals surface area contributed by atoms with E-state index in [1.165, 1.54) is 6.92 Å². The zero-order chi connectivity index (χ0) is 27.7. The van der Waals surface area contributed by atoms with Gasteiger partial charge in [-0.2, -0.15) is 0 Å². The van der Waals surface area contributed by atoms with Crippen LogP contribution in [0.3, 0.4) is 0 Å². The molecular weight excluding hydrogens is 540 g/mol. The van der Waals surface area contributed by atoms with Gasteiger partial charge >= 0.3 is 0 Å². The Morgan fingerprint density at radius 2 is 1.85 bits per heavy atom. The predicted molar refractivity (Wildman–Crippen MR) is 153 cm³/mol. The second kappa shape index (κ2) is 11.6. The lowest BCUT2D eigenvalue weighted by Crippen LogP contribution is -2.44. The van der Waals surface area contributed by atoms with Crippen molar-refractivity contribution in [1.29, 1.82) is 0 Å². The third-order valence-electron chi connectivity index (χ3n) is 7.61. The molecule has 9 heteroatoms. The number of fused-ring (bicyclic) bond motifs is 1. The fraction of sp³-hybridized carbons (Fsp3) is 0.333. The molecule has 1 fully saturated rings. The molecule has 5 rings (SSSR count). The summed E-state index contributed by atoms with van der Waals surface area (Å²) in [4.78, 5) is 20.3. The third-order valence-corrected chi connectivity index (χ3v) is 9.29. The number of rotatable bonds is 7. The number of nitrogens with zero attached hydrogens (tertiary/aromatic N) is 2. The first-order chi connectivity index (χ1) is 18.8. The van der Waals surface area contributed by atoms with E-state index in [-0.39, 0.29) is 44.0 Å². The maximum atomic E-state index is 15.0. The highest BCUT2D eigenvalue weighted by molar-refractivity contribution is 7.21. The summed E-state index contributed by atoms with van der Waals surface area (Å²) >= 11 is 7.52. The van der Waals surface area contributed by atoms with Crippen molar-refractivity contribution in [3.63, 3.8) is 0 Å². The molecule has 2 aromatic heterocycles. The van der Waals surface area contributed by atoms with Crippen molar-refractivity contribution in [1.82, 2.24) is 15.2 Å². The number of aromatic nitrogens is 1. The van der Waals surface area contributed by atoms with Crippen LogP contribution in [0.25, 0.3) is 21.2 Å². The van der Waals surface area contributed by atoms with Gasteiger partial charge in [0.25, 0.3) is 5.91 Å². The van der Waals surface area contributed by atoms with Crippen molar-refractivity contribution in [3.05, 3.63) is 81.5 Å². The molecule has 2 aromatic carbocycles. The molecule has 1 N–H and O–H groups in total. The second-order valence-electron chi connectivity index (χ2n) is 9.93. The van der Waals surface area contributed by atoms with Gasteiger partial charge in [-0.3, -0.25) is 9.78 Å². The molecule has 0 atom stereocenters. The Morgan fingerprint density at radius 3 is 2.51 bits per heavy atom. The van der Waals surface area contributed by atoms with Gasteiger partial charge in [0, 0.05) is 36.6 Å². The number of benzene rings is 2. The van der Waals surface area contributed by atoms with Crippen molar-refractivity contribution < 1.29 is 18.3 Å². The third kappa shape index (κ3) is 5.38. The Hall–Kier alpha value is -3.07. The Kier molecular flexibility index (Phi) is 8.16. The van der Waals surface area contributed by atoms with Crippen LogP contribution < -0.4 is 10.1 Å². The van der Waals surface area contributed by atoms with Crippen molar-refractivity contribution in [2.45, 2.75) is 51.2 Å². The van der Waals surface area contributed by atoms with Crippen molar-refractivity contribution >= 4 is 38.9 Å². The number of carbonyl (C=O) groups is 1. The minimum atomic E-state index is -0.598. The van der Waals surface area contributed by atoms with E-state index in [0.717, 1.165) is 59.8 Å². The van der Waals surface area contributed by atoms with E-state index in [4.69, 9.17) is 16.3 Å². The van der Waals surface area contributed by atoms with Crippen LogP contribution in [-0.2, 0) is 6.54 Å².